The second-order valence-corrected chi connectivity index (χ2v) is 7.07. The molecule has 0 saturated heterocycles. The van der Waals surface area contributed by atoms with Crippen LogP contribution in [-0.2, 0) is 0 Å². The zero-order valence-corrected chi connectivity index (χ0v) is 16.1. The Balaban J connectivity index is 1.72. The number of amides is 1. The van der Waals surface area contributed by atoms with Crippen molar-refractivity contribution in [1.82, 2.24) is 30.0 Å². The third kappa shape index (κ3) is 3.45. The van der Waals surface area contributed by atoms with E-state index in [4.69, 9.17) is 9.47 Å². The fraction of sp³-hybridized carbons (Fsp3) is 0.263. The smallest absolute Gasteiger partial charge is 0.413 e. The average molecular weight is 396 g/mol. The number of aromatic amines is 1. The summed E-state index contributed by atoms with van der Waals surface area (Å²) in [5.74, 6) is 1.13. The summed E-state index contributed by atoms with van der Waals surface area (Å²) in [5, 5.41) is 17.2. The molecule has 10 nitrogen and oxygen atoms in total. The lowest BCUT2D eigenvalue weighted by Gasteiger charge is -2.22. The summed E-state index contributed by atoms with van der Waals surface area (Å²) in [7, 11) is 1.55. The summed E-state index contributed by atoms with van der Waals surface area (Å²) in [4.78, 5) is 24.0. The lowest BCUT2D eigenvalue weighted by molar-refractivity contribution is 0.159. The molecular weight excluding hydrogens is 376 g/mol. The molecule has 0 atom stereocenters. The van der Waals surface area contributed by atoms with Gasteiger partial charge in [-0.15, -0.1) is 5.10 Å². The Kier molecular flexibility index (Phi) is 4.55. The van der Waals surface area contributed by atoms with E-state index in [0.717, 1.165) is 10.9 Å². The number of para-hydroxylation sites is 1. The number of carbonyl (C=O) groups excluding carboxylic acids is 1. The van der Waals surface area contributed by atoms with E-state index in [9.17, 15) is 9.90 Å². The highest BCUT2D eigenvalue weighted by atomic mass is 16.6. The second kappa shape index (κ2) is 7.06. The molecule has 1 aromatic carbocycles. The number of hydrogen-bond acceptors (Lipinski definition) is 7. The molecule has 3 aromatic heterocycles. The van der Waals surface area contributed by atoms with Gasteiger partial charge in [-0.3, -0.25) is 0 Å². The number of aliphatic hydroxyl groups is 1. The van der Waals surface area contributed by atoms with Gasteiger partial charge in [0, 0.05) is 6.20 Å². The van der Waals surface area contributed by atoms with E-state index in [0.29, 0.717) is 22.9 Å². The first-order valence-corrected chi connectivity index (χ1v) is 8.89. The second-order valence-electron chi connectivity index (χ2n) is 7.07. The monoisotopic (exact) mass is 396 g/mol. The summed E-state index contributed by atoms with van der Waals surface area (Å²) in [5.41, 5.74) is 0.822. The van der Waals surface area contributed by atoms with E-state index in [1.54, 1.807) is 31.8 Å². The van der Waals surface area contributed by atoms with Crippen LogP contribution in [0.3, 0.4) is 0 Å². The molecule has 4 aromatic rings. The molecule has 3 N–H and O–H groups in total. The summed E-state index contributed by atoms with van der Waals surface area (Å²) >= 11 is 0. The maximum atomic E-state index is 12.2. The standard InChI is InChI=1S/C19H20N6O4/c1-19(2,10-26)23-18(27)29-13-8-20-16-15(13)22-14(9-21-16)25-12-7-5-4-6-11(12)17(24-25)28-3/h4-9,26H,10H2,1-3H3,(H,20,21)(H,23,27). The van der Waals surface area contributed by atoms with Gasteiger partial charge in [0.25, 0.3) is 0 Å². The van der Waals surface area contributed by atoms with Gasteiger partial charge in [0.05, 0.1) is 36.4 Å². The van der Waals surface area contributed by atoms with Crippen molar-refractivity contribution in [3.05, 3.63) is 36.7 Å². The fourth-order valence-corrected chi connectivity index (χ4v) is 2.84. The van der Waals surface area contributed by atoms with E-state index in [1.165, 1.54) is 6.20 Å². The van der Waals surface area contributed by atoms with Crippen molar-refractivity contribution in [2.24, 2.45) is 0 Å². The molecule has 0 saturated carbocycles. The number of ether oxygens (including phenoxy) is 2. The molecule has 4 rings (SSSR count). The minimum absolute atomic E-state index is 0.212. The fourth-order valence-electron chi connectivity index (χ4n) is 2.84. The number of nitrogens with one attached hydrogen (secondary N) is 2. The molecule has 3 heterocycles. The number of aromatic nitrogens is 5. The number of rotatable bonds is 5. The van der Waals surface area contributed by atoms with Gasteiger partial charge < -0.3 is 24.9 Å². The zero-order valence-electron chi connectivity index (χ0n) is 16.1. The van der Waals surface area contributed by atoms with Crippen LogP contribution in [0.4, 0.5) is 4.79 Å². The van der Waals surface area contributed by atoms with Crippen molar-refractivity contribution in [3.63, 3.8) is 0 Å². The van der Waals surface area contributed by atoms with E-state index in [1.807, 2.05) is 24.3 Å². The first kappa shape index (κ1) is 18.7. The number of benzene rings is 1. The Morgan fingerprint density at radius 1 is 1.34 bits per heavy atom. The largest absolute Gasteiger partial charge is 0.479 e. The van der Waals surface area contributed by atoms with Crippen LogP contribution in [0.1, 0.15) is 13.8 Å². The van der Waals surface area contributed by atoms with Crippen LogP contribution in [0.25, 0.3) is 27.9 Å². The normalized spacial score (nSPS) is 11.7. The Labute approximate surface area is 165 Å². The molecule has 0 spiro atoms. The van der Waals surface area contributed by atoms with E-state index < -0.39 is 11.6 Å². The lowest BCUT2D eigenvalue weighted by atomic mass is 10.1. The van der Waals surface area contributed by atoms with E-state index in [2.05, 4.69) is 25.4 Å². The quantitative estimate of drug-likeness (QED) is 0.472. The summed E-state index contributed by atoms with van der Waals surface area (Å²) < 4.78 is 12.3. The number of hydrogen-bond donors (Lipinski definition) is 3. The van der Waals surface area contributed by atoms with Crippen LogP contribution in [0, 0.1) is 0 Å². The third-order valence-corrected chi connectivity index (χ3v) is 4.34. The van der Waals surface area contributed by atoms with Crippen molar-refractivity contribution < 1.29 is 19.4 Å². The molecule has 0 radical (unpaired) electrons. The molecule has 10 heteroatoms. The number of aliphatic hydroxyl groups excluding tert-OH is 1. The predicted octanol–water partition coefficient (Wildman–Crippen LogP) is 2.16. The Morgan fingerprint density at radius 3 is 2.90 bits per heavy atom. The lowest BCUT2D eigenvalue weighted by Crippen LogP contribution is -2.47. The molecule has 0 unspecified atom stereocenters. The molecule has 1 amide bonds. The molecule has 0 aliphatic heterocycles. The molecule has 0 aliphatic carbocycles. The van der Waals surface area contributed by atoms with Crippen LogP contribution in [0.15, 0.2) is 36.7 Å². The van der Waals surface area contributed by atoms with Crippen LogP contribution in [0.2, 0.25) is 0 Å². The SMILES string of the molecule is COc1nn(-c2cnc3[nH]cc(OC(=O)NC(C)(C)CO)c3n2)c2ccccc12. The minimum atomic E-state index is -0.815. The maximum absolute atomic E-state index is 12.2. The molecule has 150 valence electrons. The molecule has 0 aliphatic rings. The summed E-state index contributed by atoms with van der Waals surface area (Å²) in [6.45, 7) is 3.13. The van der Waals surface area contributed by atoms with Gasteiger partial charge in [0.2, 0.25) is 5.88 Å². The number of nitrogens with zero attached hydrogens (tertiary/aromatic N) is 4. The summed E-state index contributed by atoms with van der Waals surface area (Å²) in [6.07, 6.45) is 2.36. The average Bonchev–Trinajstić information content (AvgIpc) is 3.28. The number of methoxy groups -OCH3 is 1. The number of fused-ring (bicyclic) bond motifs is 2. The Morgan fingerprint density at radius 2 is 2.14 bits per heavy atom. The third-order valence-electron chi connectivity index (χ3n) is 4.34. The maximum Gasteiger partial charge on any atom is 0.413 e. The van der Waals surface area contributed by atoms with Gasteiger partial charge in [-0.25, -0.2) is 19.4 Å². The van der Waals surface area contributed by atoms with Gasteiger partial charge in [-0.05, 0) is 26.0 Å². The van der Waals surface area contributed by atoms with Gasteiger partial charge in [-0.1, -0.05) is 12.1 Å². The van der Waals surface area contributed by atoms with Gasteiger partial charge in [-0.2, -0.15) is 0 Å². The van der Waals surface area contributed by atoms with Crippen molar-refractivity contribution in [2.45, 2.75) is 19.4 Å². The molecule has 0 bridgehead atoms. The highest BCUT2D eigenvalue weighted by Gasteiger charge is 2.22. The van der Waals surface area contributed by atoms with E-state index >= 15 is 0 Å². The van der Waals surface area contributed by atoms with Crippen LogP contribution < -0.4 is 14.8 Å². The van der Waals surface area contributed by atoms with Gasteiger partial charge in [0.1, 0.15) is 0 Å². The first-order valence-electron chi connectivity index (χ1n) is 8.89. The topological polar surface area (TPSA) is 127 Å². The highest BCUT2D eigenvalue weighted by molar-refractivity contribution is 5.87. The molecular formula is C19H20N6O4. The Bertz CT molecular complexity index is 1200. The van der Waals surface area contributed by atoms with Gasteiger partial charge >= 0.3 is 6.09 Å². The van der Waals surface area contributed by atoms with Crippen molar-refractivity contribution >= 4 is 28.2 Å². The Hall–Kier alpha value is -3.66. The van der Waals surface area contributed by atoms with Crippen molar-refractivity contribution in [1.29, 1.82) is 0 Å². The predicted molar refractivity (Wildman–Crippen MR) is 105 cm³/mol. The molecule has 29 heavy (non-hydrogen) atoms. The first-order chi connectivity index (χ1) is 13.9. The van der Waals surface area contributed by atoms with Gasteiger partial charge in [0.15, 0.2) is 22.7 Å². The van der Waals surface area contributed by atoms with Crippen LogP contribution in [0.5, 0.6) is 11.6 Å². The summed E-state index contributed by atoms with van der Waals surface area (Å²) in [6, 6.07) is 7.59. The molecule has 0 fully saturated rings. The van der Waals surface area contributed by atoms with Crippen LogP contribution >= 0.6 is 0 Å². The number of carbonyl (C=O) groups is 1. The van der Waals surface area contributed by atoms with E-state index in [-0.39, 0.29) is 12.4 Å². The van der Waals surface area contributed by atoms with Crippen molar-refractivity contribution in [2.75, 3.05) is 13.7 Å². The zero-order chi connectivity index (χ0) is 20.6. The number of H-pyrrole nitrogens is 1. The minimum Gasteiger partial charge on any atom is -0.479 e. The highest BCUT2D eigenvalue weighted by Crippen LogP contribution is 2.28. The van der Waals surface area contributed by atoms with Crippen LogP contribution in [-0.4, -0.2) is 55.2 Å². The van der Waals surface area contributed by atoms with Crippen molar-refractivity contribution in [3.8, 4) is 17.4 Å².